The molecule has 0 aliphatic carbocycles. The van der Waals surface area contributed by atoms with Crippen molar-refractivity contribution in [2.45, 2.75) is 6.92 Å². The third-order valence-corrected chi connectivity index (χ3v) is 2.37. The highest BCUT2D eigenvalue weighted by Crippen LogP contribution is 2.18. The van der Waals surface area contributed by atoms with Crippen molar-refractivity contribution in [3.05, 3.63) is 48.2 Å². The van der Waals surface area contributed by atoms with Gasteiger partial charge in [-0.05, 0) is 29.9 Å². The predicted octanol–water partition coefficient (Wildman–Crippen LogP) is 2.68. The molecule has 0 saturated heterocycles. The van der Waals surface area contributed by atoms with Crippen molar-refractivity contribution in [1.29, 1.82) is 0 Å². The largest absolute Gasteiger partial charge is 0.439 e. The predicted molar refractivity (Wildman–Crippen MR) is 64.8 cm³/mol. The summed E-state index contributed by atoms with van der Waals surface area (Å²) in [5.74, 6) is 1.43. The van der Waals surface area contributed by atoms with E-state index in [1.54, 1.807) is 6.20 Å². The molecule has 2 nitrogen and oxygen atoms in total. The van der Waals surface area contributed by atoms with E-state index in [0.29, 0.717) is 5.88 Å². The molecule has 2 rings (SSSR count). The van der Waals surface area contributed by atoms with Crippen molar-refractivity contribution in [2.75, 3.05) is 0 Å². The van der Waals surface area contributed by atoms with Gasteiger partial charge in [0.2, 0.25) is 5.88 Å². The molecule has 0 amide bonds. The van der Waals surface area contributed by atoms with Crippen LogP contribution in [0.15, 0.2) is 42.6 Å². The van der Waals surface area contributed by atoms with Crippen LogP contribution in [-0.2, 0) is 0 Å². The number of benzene rings is 1. The zero-order valence-electron chi connectivity index (χ0n) is 8.47. The van der Waals surface area contributed by atoms with Crippen molar-refractivity contribution in [3.8, 4) is 11.6 Å². The molecule has 0 radical (unpaired) electrons. The van der Waals surface area contributed by atoms with Crippen LogP contribution < -0.4 is 10.0 Å². The van der Waals surface area contributed by atoms with Gasteiger partial charge in [0, 0.05) is 12.3 Å². The first-order valence-electron chi connectivity index (χ1n) is 4.70. The first kappa shape index (κ1) is 10.1. The Morgan fingerprint density at radius 1 is 1.07 bits per heavy atom. The van der Waals surface area contributed by atoms with Gasteiger partial charge >= 0.3 is 0 Å². The molecule has 0 fully saturated rings. The van der Waals surface area contributed by atoms with Gasteiger partial charge < -0.3 is 4.74 Å². The maximum Gasteiger partial charge on any atom is 0.219 e. The summed E-state index contributed by atoms with van der Waals surface area (Å²) in [4.78, 5) is 4.17. The molecule has 15 heavy (non-hydrogen) atoms. The minimum atomic E-state index is 0.622. The summed E-state index contributed by atoms with van der Waals surface area (Å²) in [6.07, 6.45) is 1.79. The van der Waals surface area contributed by atoms with E-state index in [9.17, 15) is 0 Å². The lowest BCUT2D eigenvalue weighted by molar-refractivity contribution is 0.463. The van der Waals surface area contributed by atoms with Crippen molar-refractivity contribution < 1.29 is 4.74 Å². The van der Waals surface area contributed by atoms with Crippen LogP contribution in [0, 0.1) is 6.92 Å². The van der Waals surface area contributed by atoms with E-state index in [1.807, 2.05) is 43.3 Å². The van der Waals surface area contributed by atoms with E-state index >= 15 is 0 Å². The smallest absolute Gasteiger partial charge is 0.219 e. The van der Waals surface area contributed by atoms with Gasteiger partial charge in [0.1, 0.15) is 5.75 Å². The zero-order valence-corrected chi connectivity index (χ0v) is 9.63. The molecule has 0 aliphatic heterocycles. The molecule has 0 saturated carbocycles. The van der Waals surface area contributed by atoms with Gasteiger partial charge in [0.05, 0.1) is 0 Å². The maximum atomic E-state index is 5.57. The fourth-order valence-electron chi connectivity index (χ4n) is 1.17. The monoisotopic (exact) mass is 217 g/mol. The van der Waals surface area contributed by atoms with Crippen LogP contribution in [0.5, 0.6) is 11.6 Å². The molecular formula is C12H12NOP. The van der Waals surface area contributed by atoms with Gasteiger partial charge in [-0.3, -0.25) is 0 Å². The van der Waals surface area contributed by atoms with Crippen molar-refractivity contribution in [2.24, 2.45) is 0 Å². The minimum Gasteiger partial charge on any atom is -0.439 e. The number of nitrogens with zero attached hydrogens (tertiary/aromatic N) is 1. The summed E-state index contributed by atoms with van der Waals surface area (Å²) in [6, 6.07) is 11.6. The molecule has 2 aromatic rings. The fraction of sp³-hybridized carbons (Fsp3) is 0.0833. The molecule has 1 heterocycles. The van der Waals surface area contributed by atoms with E-state index in [2.05, 4.69) is 14.2 Å². The second-order valence-electron chi connectivity index (χ2n) is 3.34. The molecule has 3 heteroatoms. The second-order valence-corrected chi connectivity index (χ2v) is 4.01. The van der Waals surface area contributed by atoms with Gasteiger partial charge in [0.15, 0.2) is 0 Å². The first-order chi connectivity index (χ1) is 7.24. The van der Waals surface area contributed by atoms with Crippen LogP contribution in [0.4, 0.5) is 0 Å². The molecule has 1 atom stereocenters. The van der Waals surface area contributed by atoms with Crippen LogP contribution in [0.25, 0.3) is 0 Å². The van der Waals surface area contributed by atoms with E-state index in [4.69, 9.17) is 4.74 Å². The van der Waals surface area contributed by atoms with Gasteiger partial charge in [-0.2, -0.15) is 0 Å². The van der Waals surface area contributed by atoms with Crippen LogP contribution in [0.3, 0.4) is 0 Å². The number of rotatable bonds is 2. The lowest BCUT2D eigenvalue weighted by Crippen LogP contribution is -1.91. The summed E-state index contributed by atoms with van der Waals surface area (Å²) in [7, 11) is 2.64. The normalized spacial score (nSPS) is 10.0. The highest BCUT2D eigenvalue weighted by Gasteiger charge is 1.97. The van der Waals surface area contributed by atoms with Gasteiger partial charge in [0.25, 0.3) is 0 Å². The van der Waals surface area contributed by atoms with Crippen molar-refractivity contribution >= 4 is 14.5 Å². The van der Waals surface area contributed by atoms with Crippen LogP contribution in [-0.4, -0.2) is 4.98 Å². The highest BCUT2D eigenvalue weighted by atomic mass is 31.0. The summed E-state index contributed by atoms with van der Waals surface area (Å²) in [5.41, 5.74) is 1.13. The summed E-state index contributed by atoms with van der Waals surface area (Å²) < 4.78 is 5.57. The number of ether oxygens (including phenoxy) is 1. The Bertz CT molecular complexity index is 393. The fourth-order valence-corrected chi connectivity index (χ4v) is 1.36. The summed E-state index contributed by atoms with van der Waals surface area (Å²) in [5, 5.41) is 1.14. The average molecular weight is 217 g/mol. The van der Waals surface area contributed by atoms with Gasteiger partial charge in [-0.15, -0.1) is 9.24 Å². The molecule has 76 valence electrons. The number of aryl methyl sites for hydroxylation is 1. The zero-order chi connectivity index (χ0) is 10.7. The van der Waals surface area contributed by atoms with Gasteiger partial charge in [-0.25, -0.2) is 4.98 Å². The van der Waals surface area contributed by atoms with Gasteiger partial charge in [-0.1, -0.05) is 18.2 Å². The molecule has 1 aromatic heterocycles. The van der Waals surface area contributed by atoms with E-state index in [1.165, 1.54) is 0 Å². The Hall–Kier alpha value is -1.40. The Morgan fingerprint density at radius 2 is 1.80 bits per heavy atom. The standard InChI is InChI=1S/C12H12NOP/c1-9-2-7-12(13-8-9)14-10-3-5-11(15)6-4-10/h2-8H,15H2,1H3. The van der Waals surface area contributed by atoms with E-state index < -0.39 is 0 Å². The molecular weight excluding hydrogens is 205 g/mol. The summed E-state index contributed by atoms with van der Waals surface area (Å²) in [6.45, 7) is 2.00. The molecule has 0 aliphatic rings. The second kappa shape index (κ2) is 4.41. The Morgan fingerprint density at radius 3 is 2.40 bits per heavy atom. The Balaban J connectivity index is 2.15. The third kappa shape index (κ3) is 2.77. The van der Waals surface area contributed by atoms with Crippen LogP contribution in [0.1, 0.15) is 5.56 Å². The number of aromatic nitrogens is 1. The van der Waals surface area contributed by atoms with Crippen molar-refractivity contribution in [3.63, 3.8) is 0 Å². The number of hydrogen-bond acceptors (Lipinski definition) is 2. The molecule has 1 unspecified atom stereocenters. The average Bonchev–Trinajstić information content (AvgIpc) is 2.25. The van der Waals surface area contributed by atoms with E-state index in [0.717, 1.165) is 16.6 Å². The molecule has 0 bridgehead atoms. The van der Waals surface area contributed by atoms with E-state index in [-0.39, 0.29) is 0 Å². The quantitative estimate of drug-likeness (QED) is 0.721. The lowest BCUT2D eigenvalue weighted by Gasteiger charge is -2.04. The topological polar surface area (TPSA) is 22.1 Å². The molecule has 0 spiro atoms. The van der Waals surface area contributed by atoms with Crippen molar-refractivity contribution in [1.82, 2.24) is 4.98 Å². The summed E-state index contributed by atoms with van der Waals surface area (Å²) >= 11 is 0. The maximum absolute atomic E-state index is 5.57. The Kier molecular flexibility index (Phi) is 2.98. The van der Waals surface area contributed by atoms with Crippen LogP contribution in [0.2, 0.25) is 0 Å². The lowest BCUT2D eigenvalue weighted by atomic mass is 10.3. The Labute approximate surface area is 91.5 Å². The first-order valence-corrected chi connectivity index (χ1v) is 5.28. The highest BCUT2D eigenvalue weighted by molar-refractivity contribution is 7.27. The third-order valence-electron chi connectivity index (χ3n) is 1.99. The molecule has 0 N–H and O–H groups in total. The SMILES string of the molecule is Cc1ccc(Oc2ccc(P)cc2)nc1. The minimum absolute atomic E-state index is 0.622. The number of pyridine rings is 1. The number of hydrogen-bond donors (Lipinski definition) is 0. The molecule has 1 aromatic carbocycles. The van der Waals surface area contributed by atoms with Crippen LogP contribution >= 0.6 is 9.24 Å².